The van der Waals surface area contributed by atoms with Crippen LogP contribution < -0.4 is 10.1 Å². The average molecular weight is 189 g/mol. The maximum Gasteiger partial charge on any atom is 0.148 e. The summed E-state index contributed by atoms with van der Waals surface area (Å²) in [5, 5.41) is 3.17. The minimum absolute atomic E-state index is 0.320. The summed E-state index contributed by atoms with van der Waals surface area (Å²) < 4.78 is 5.27. The van der Waals surface area contributed by atoms with Crippen LogP contribution >= 0.6 is 0 Å². The zero-order valence-corrected chi connectivity index (χ0v) is 8.58. The van der Waals surface area contributed by atoms with Crippen LogP contribution in [0.3, 0.4) is 0 Å². The topological polar surface area (TPSA) is 21.3 Å². The standard InChI is InChI=1S/C12H15NO/c1-4-9-14-12-7-5-11(6-8-12)10(2)13-3/h1,5-8,10,13H,9H2,2-3H3. The second-order valence-corrected chi connectivity index (χ2v) is 3.07. The van der Waals surface area contributed by atoms with E-state index in [4.69, 9.17) is 11.2 Å². The fourth-order valence-electron chi connectivity index (χ4n) is 1.14. The third-order valence-corrected chi connectivity index (χ3v) is 2.14. The third kappa shape index (κ3) is 2.79. The van der Waals surface area contributed by atoms with Crippen molar-refractivity contribution in [1.82, 2.24) is 5.32 Å². The second-order valence-electron chi connectivity index (χ2n) is 3.07. The molecule has 0 heterocycles. The number of terminal acetylenes is 1. The van der Waals surface area contributed by atoms with Gasteiger partial charge in [-0.2, -0.15) is 0 Å². The molecule has 14 heavy (non-hydrogen) atoms. The van der Waals surface area contributed by atoms with Crippen LogP contribution in [0, 0.1) is 12.3 Å². The number of nitrogens with one attached hydrogen (secondary N) is 1. The monoisotopic (exact) mass is 189 g/mol. The minimum Gasteiger partial charge on any atom is -0.481 e. The maximum atomic E-state index is 5.27. The molecule has 1 aromatic carbocycles. The Morgan fingerprint density at radius 1 is 1.43 bits per heavy atom. The number of benzene rings is 1. The Kier molecular flexibility index (Phi) is 4.03. The van der Waals surface area contributed by atoms with Crippen LogP contribution in [0.1, 0.15) is 18.5 Å². The van der Waals surface area contributed by atoms with E-state index in [-0.39, 0.29) is 0 Å². The van der Waals surface area contributed by atoms with Gasteiger partial charge in [0.05, 0.1) is 0 Å². The van der Waals surface area contributed by atoms with Gasteiger partial charge in [-0.1, -0.05) is 18.1 Å². The maximum absolute atomic E-state index is 5.27. The first-order valence-corrected chi connectivity index (χ1v) is 4.61. The number of rotatable bonds is 4. The highest BCUT2D eigenvalue weighted by Gasteiger charge is 2.01. The van der Waals surface area contributed by atoms with Crippen LogP contribution in [-0.2, 0) is 0 Å². The van der Waals surface area contributed by atoms with E-state index in [1.165, 1.54) is 5.56 Å². The molecule has 0 amide bonds. The van der Waals surface area contributed by atoms with Crippen LogP contribution in [0.15, 0.2) is 24.3 Å². The molecule has 0 aliphatic rings. The lowest BCUT2D eigenvalue weighted by atomic mass is 10.1. The summed E-state index contributed by atoms with van der Waals surface area (Å²) in [4.78, 5) is 0. The van der Waals surface area contributed by atoms with Crippen LogP contribution in [0.5, 0.6) is 5.75 Å². The summed E-state index contributed by atoms with van der Waals surface area (Å²) in [6.07, 6.45) is 5.09. The molecule has 1 atom stereocenters. The Labute approximate surface area is 85.3 Å². The largest absolute Gasteiger partial charge is 0.481 e. The number of hydrogen-bond acceptors (Lipinski definition) is 2. The van der Waals surface area contributed by atoms with E-state index in [2.05, 4.69) is 18.2 Å². The highest BCUT2D eigenvalue weighted by Crippen LogP contribution is 2.16. The van der Waals surface area contributed by atoms with Crippen LogP contribution in [0.25, 0.3) is 0 Å². The van der Waals surface area contributed by atoms with Crippen molar-refractivity contribution in [1.29, 1.82) is 0 Å². The molecule has 1 aromatic rings. The molecule has 74 valence electrons. The van der Waals surface area contributed by atoms with Crippen molar-refractivity contribution in [3.05, 3.63) is 29.8 Å². The molecule has 0 saturated carbocycles. The molecule has 0 aliphatic carbocycles. The fourth-order valence-corrected chi connectivity index (χ4v) is 1.14. The van der Waals surface area contributed by atoms with Crippen molar-refractivity contribution in [3.8, 4) is 18.1 Å². The predicted octanol–water partition coefficient (Wildman–Crippen LogP) is 1.98. The van der Waals surface area contributed by atoms with E-state index < -0.39 is 0 Å². The van der Waals surface area contributed by atoms with E-state index in [0.717, 1.165) is 5.75 Å². The average Bonchev–Trinajstić information content (AvgIpc) is 2.26. The van der Waals surface area contributed by atoms with Gasteiger partial charge in [0.1, 0.15) is 12.4 Å². The highest BCUT2D eigenvalue weighted by molar-refractivity contribution is 5.29. The Hall–Kier alpha value is -1.46. The number of ether oxygens (including phenoxy) is 1. The first-order valence-electron chi connectivity index (χ1n) is 4.61. The van der Waals surface area contributed by atoms with Crippen LogP contribution in [0.4, 0.5) is 0 Å². The van der Waals surface area contributed by atoms with Gasteiger partial charge < -0.3 is 10.1 Å². The van der Waals surface area contributed by atoms with E-state index in [1.807, 2.05) is 31.3 Å². The van der Waals surface area contributed by atoms with Crippen LogP contribution in [-0.4, -0.2) is 13.7 Å². The Bertz CT molecular complexity index is 310. The van der Waals surface area contributed by atoms with Gasteiger partial charge in [-0.25, -0.2) is 0 Å². The van der Waals surface area contributed by atoms with E-state index in [0.29, 0.717) is 12.6 Å². The molecule has 2 nitrogen and oxygen atoms in total. The Morgan fingerprint density at radius 2 is 2.07 bits per heavy atom. The molecule has 0 saturated heterocycles. The molecule has 0 spiro atoms. The fraction of sp³-hybridized carbons (Fsp3) is 0.333. The minimum atomic E-state index is 0.320. The van der Waals surface area contributed by atoms with Gasteiger partial charge in [0.2, 0.25) is 0 Å². The van der Waals surface area contributed by atoms with Gasteiger partial charge in [-0.15, -0.1) is 6.42 Å². The third-order valence-electron chi connectivity index (χ3n) is 2.14. The Morgan fingerprint density at radius 3 is 2.57 bits per heavy atom. The zero-order valence-electron chi connectivity index (χ0n) is 8.58. The van der Waals surface area contributed by atoms with Gasteiger partial charge >= 0.3 is 0 Å². The summed E-state index contributed by atoms with van der Waals surface area (Å²) in [6, 6.07) is 8.29. The molecule has 0 radical (unpaired) electrons. The molecule has 1 N–H and O–H groups in total. The molecule has 2 heteroatoms. The van der Waals surface area contributed by atoms with E-state index in [9.17, 15) is 0 Å². The molecular weight excluding hydrogens is 174 g/mol. The normalized spacial score (nSPS) is 11.8. The molecule has 0 aromatic heterocycles. The molecule has 1 rings (SSSR count). The smallest absolute Gasteiger partial charge is 0.148 e. The van der Waals surface area contributed by atoms with E-state index >= 15 is 0 Å². The van der Waals surface area contributed by atoms with Crippen molar-refractivity contribution in [2.75, 3.05) is 13.7 Å². The van der Waals surface area contributed by atoms with Crippen molar-refractivity contribution < 1.29 is 4.74 Å². The van der Waals surface area contributed by atoms with Crippen LogP contribution in [0.2, 0.25) is 0 Å². The van der Waals surface area contributed by atoms with Crippen molar-refractivity contribution in [2.45, 2.75) is 13.0 Å². The van der Waals surface area contributed by atoms with Gasteiger partial charge in [0.25, 0.3) is 0 Å². The van der Waals surface area contributed by atoms with E-state index in [1.54, 1.807) is 0 Å². The zero-order chi connectivity index (χ0) is 10.4. The summed E-state index contributed by atoms with van der Waals surface area (Å²) in [5.74, 6) is 3.24. The molecule has 1 unspecified atom stereocenters. The quantitative estimate of drug-likeness (QED) is 0.731. The molecular formula is C12H15NO. The highest BCUT2D eigenvalue weighted by atomic mass is 16.5. The predicted molar refractivity (Wildman–Crippen MR) is 58.2 cm³/mol. The van der Waals surface area contributed by atoms with Gasteiger partial charge in [-0.05, 0) is 31.7 Å². The van der Waals surface area contributed by atoms with Crippen molar-refractivity contribution in [2.24, 2.45) is 0 Å². The lowest BCUT2D eigenvalue weighted by Crippen LogP contribution is -2.11. The first-order chi connectivity index (χ1) is 6.77. The van der Waals surface area contributed by atoms with Crippen molar-refractivity contribution in [3.63, 3.8) is 0 Å². The number of hydrogen-bond donors (Lipinski definition) is 1. The molecule has 0 aliphatic heterocycles. The summed E-state index contributed by atoms with van der Waals surface area (Å²) in [6.45, 7) is 2.43. The SMILES string of the molecule is C#CCOc1ccc(C(C)NC)cc1. The molecule has 0 bridgehead atoms. The van der Waals surface area contributed by atoms with Gasteiger partial charge in [0.15, 0.2) is 0 Å². The van der Waals surface area contributed by atoms with Crippen molar-refractivity contribution >= 4 is 0 Å². The van der Waals surface area contributed by atoms with Gasteiger partial charge in [0, 0.05) is 6.04 Å². The molecule has 0 fully saturated rings. The summed E-state index contributed by atoms with van der Waals surface area (Å²) in [5.41, 5.74) is 1.24. The summed E-state index contributed by atoms with van der Waals surface area (Å²) >= 11 is 0. The Balaban J connectivity index is 2.64. The first kappa shape index (κ1) is 10.6. The summed E-state index contributed by atoms with van der Waals surface area (Å²) in [7, 11) is 1.94. The lowest BCUT2D eigenvalue weighted by Gasteiger charge is -2.10. The second kappa shape index (κ2) is 5.31. The van der Waals surface area contributed by atoms with Gasteiger partial charge in [-0.3, -0.25) is 0 Å². The lowest BCUT2D eigenvalue weighted by molar-refractivity contribution is 0.370.